The second kappa shape index (κ2) is 6.45. The minimum atomic E-state index is -3.62. The molecule has 0 bridgehead atoms. The first-order chi connectivity index (χ1) is 12.0. The molecule has 4 rings (SSSR count). The number of aromatic nitrogens is 1. The highest BCUT2D eigenvalue weighted by Gasteiger charge is 2.38. The first-order valence-electron chi connectivity index (χ1n) is 7.64. The van der Waals surface area contributed by atoms with Gasteiger partial charge in [-0.05, 0) is 41.3 Å². The highest BCUT2D eigenvalue weighted by atomic mass is 35.5. The molecule has 0 aliphatic carbocycles. The number of sulfonamides is 1. The number of benzene rings is 1. The van der Waals surface area contributed by atoms with Gasteiger partial charge in [-0.25, -0.2) is 8.42 Å². The van der Waals surface area contributed by atoms with Crippen LogP contribution < -0.4 is 0 Å². The summed E-state index contributed by atoms with van der Waals surface area (Å²) in [5.41, 5.74) is 1.63. The fourth-order valence-electron chi connectivity index (χ4n) is 3.18. The largest absolute Gasteiger partial charge is 0.348 e. The zero-order valence-corrected chi connectivity index (χ0v) is 16.1. The third kappa shape index (κ3) is 2.92. The Bertz CT molecular complexity index is 1010. The minimum absolute atomic E-state index is 0.336. The molecule has 25 heavy (non-hydrogen) atoms. The Morgan fingerprint density at radius 2 is 1.92 bits per heavy atom. The van der Waals surface area contributed by atoms with Gasteiger partial charge >= 0.3 is 0 Å². The molecule has 3 heterocycles. The smallest absolute Gasteiger partial charge is 0.253 e. The van der Waals surface area contributed by atoms with Gasteiger partial charge < -0.3 is 4.57 Å². The fraction of sp³-hybridized carbons (Fsp3) is 0.176. The molecule has 1 aliphatic heterocycles. The lowest BCUT2D eigenvalue weighted by atomic mass is 10.0. The lowest BCUT2D eigenvalue weighted by Gasteiger charge is -2.36. The summed E-state index contributed by atoms with van der Waals surface area (Å²) in [6, 6.07) is 11.9. The zero-order valence-electron chi connectivity index (χ0n) is 13.0. The molecule has 3 aromatic rings. The molecule has 8 heteroatoms. The van der Waals surface area contributed by atoms with E-state index in [-0.39, 0.29) is 0 Å². The van der Waals surface area contributed by atoms with Crippen LogP contribution in [0.3, 0.4) is 0 Å². The Labute approximate surface area is 160 Å². The van der Waals surface area contributed by atoms with E-state index >= 15 is 0 Å². The van der Waals surface area contributed by atoms with Crippen molar-refractivity contribution in [3.63, 3.8) is 0 Å². The molecule has 130 valence electrons. The predicted molar refractivity (Wildman–Crippen MR) is 101 cm³/mol. The summed E-state index contributed by atoms with van der Waals surface area (Å²) in [5.74, 6) is 0. The van der Waals surface area contributed by atoms with Crippen LogP contribution in [-0.4, -0.2) is 23.8 Å². The van der Waals surface area contributed by atoms with Crippen molar-refractivity contribution in [1.82, 2.24) is 8.87 Å². The molecule has 0 N–H and O–H groups in total. The SMILES string of the molecule is O=S(=O)(c1cccs1)N1CCn2cccc2C1c1ccc(Cl)cc1Cl. The zero-order chi connectivity index (χ0) is 17.6. The normalized spacial score (nSPS) is 18.2. The fourth-order valence-corrected chi connectivity index (χ4v) is 6.39. The van der Waals surface area contributed by atoms with Gasteiger partial charge in [-0.15, -0.1) is 11.3 Å². The van der Waals surface area contributed by atoms with Crippen LogP contribution in [0, 0.1) is 0 Å². The molecule has 1 aromatic carbocycles. The van der Waals surface area contributed by atoms with E-state index < -0.39 is 16.1 Å². The van der Waals surface area contributed by atoms with Gasteiger partial charge in [0.15, 0.2) is 0 Å². The number of thiophene rings is 1. The Morgan fingerprint density at radius 3 is 2.64 bits per heavy atom. The van der Waals surface area contributed by atoms with Gasteiger partial charge in [-0.1, -0.05) is 35.3 Å². The Hall–Kier alpha value is -1.31. The summed E-state index contributed by atoms with van der Waals surface area (Å²) >= 11 is 13.7. The summed E-state index contributed by atoms with van der Waals surface area (Å²) in [7, 11) is -3.62. The van der Waals surface area contributed by atoms with E-state index in [9.17, 15) is 8.42 Å². The molecule has 0 saturated carbocycles. The van der Waals surface area contributed by atoms with Gasteiger partial charge in [0.05, 0.1) is 6.04 Å². The van der Waals surface area contributed by atoms with Crippen molar-refractivity contribution in [1.29, 1.82) is 0 Å². The monoisotopic (exact) mass is 412 g/mol. The molecule has 0 amide bonds. The lowest BCUT2D eigenvalue weighted by Crippen LogP contribution is -2.42. The van der Waals surface area contributed by atoms with Crippen LogP contribution in [0.2, 0.25) is 10.0 Å². The number of halogens is 2. The van der Waals surface area contributed by atoms with Gasteiger partial charge in [-0.3, -0.25) is 0 Å². The van der Waals surface area contributed by atoms with Crippen molar-refractivity contribution in [2.45, 2.75) is 16.8 Å². The van der Waals surface area contributed by atoms with Crippen molar-refractivity contribution < 1.29 is 8.42 Å². The molecule has 1 aliphatic rings. The summed E-state index contributed by atoms with van der Waals surface area (Å²) < 4.78 is 30.3. The van der Waals surface area contributed by atoms with Crippen molar-refractivity contribution in [2.24, 2.45) is 0 Å². The molecule has 1 unspecified atom stereocenters. The molecular formula is C17H14Cl2N2O2S2. The maximum absolute atomic E-state index is 13.2. The Balaban J connectivity index is 1.89. The van der Waals surface area contributed by atoms with Crippen LogP contribution in [0.5, 0.6) is 0 Å². The average Bonchev–Trinajstić information content (AvgIpc) is 3.26. The van der Waals surface area contributed by atoms with E-state index in [2.05, 4.69) is 4.57 Å². The van der Waals surface area contributed by atoms with E-state index in [1.807, 2.05) is 18.3 Å². The molecular weight excluding hydrogens is 399 g/mol. The third-order valence-corrected chi connectivity index (χ3v) is 8.11. The molecule has 4 nitrogen and oxygen atoms in total. The number of hydrogen-bond acceptors (Lipinski definition) is 3. The highest BCUT2D eigenvalue weighted by molar-refractivity contribution is 7.91. The van der Waals surface area contributed by atoms with E-state index in [4.69, 9.17) is 23.2 Å². The Morgan fingerprint density at radius 1 is 1.08 bits per heavy atom. The number of rotatable bonds is 3. The minimum Gasteiger partial charge on any atom is -0.348 e. The van der Waals surface area contributed by atoms with Crippen LogP contribution >= 0.6 is 34.5 Å². The molecule has 0 radical (unpaired) electrons. The van der Waals surface area contributed by atoms with Crippen molar-refractivity contribution in [3.05, 3.63) is 75.3 Å². The molecule has 0 spiro atoms. The maximum Gasteiger partial charge on any atom is 0.253 e. The highest BCUT2D eigenvalue weighted by Crippen LogP contribution is 2.40. The van der Waals surface area contributed by atoms with Gasteiger partial charge in [0.1, 0.15) is 4.21 Å². The molecule has 2 aromatic heterocycles. The quantitative estimate of drug-likeness (QED) is 0.627. The van der Waals surface area contributed by atoms with Crippen molar-refractivity contribution in [3.8, 4) is 0 Å². The molecule has 0 saturated heterocycles. The lowest BCUT2D eigenvalue weighted by molar-refractivity contribution is 0.299. The number of hydrogen-bond donors (Lipinski definition) is 0. The summed E-state index contributed by atoms with van der Waals surface area (Å²) in [6.07, 6.45) is 1.96. The van der Waals surface area contributed by atoms with Crippen LogP contribution in [0.25, 0.3) is 0 Å². The summed E-state index contributed by atoms with van der Waals surface area (Å²) in [6.45, 7) is 0.986. The standard InChI is InChI=1S/C17H14Cl2N2O2S2/c18-12-5-6-13(14(19)11-12)17-15-3-1-7-20(15)8-9-21(17)25(22,23)16-4-2-10-24-16/h1-7,10-11,17H,8-9H2. The topological polar surface area (TPSA) is 42.3 Å². The first-order valence-corrected chi connectivity index (χ1v) is 10.7. The van der Waals surface area contributed by atoms with Crippen molar-refractivity contribution >= 4 is 44.6 Å². The second-order valence-electron chi connectivity index (χ2n) is 5.74. The van der Waals surface area contributed by atoms with Gasteiger partial charge in [0.25, 0.3) is 10.0 Å². The summed E-state index contributed by atoms with van der Waals surface area (Å²) in [4.78, 5) is 0. The van der Waals surface area contributed by atoms with E-state index in [1.165, 1.54) is 15.6 Å². The van der Waals surface area contributed by atoms with Gasteiger partial charge in [-0.2, -0.15) is 4.31 Å². The average molecular weight is 413 g/mol. The van der Waals surface area contributed by atoms with E-state index in [1.54, 1.807) is 35.7 Å². The van der Waals surface area contributed by atoms with E-state index in [0.717, 1.165) is 11.3 Å². The van der Waals surface area contributed by atoms with Crippen LogP contribution in [0.4, 0.5) is 0 Å². The second-order valence-corrected chi connectivity index (χ2v) is 9.65. The van der Waals surface area contributed by atoms with Gasteiger partial charge in [0, 0.05) is 35.0 Å². The predicted octanol–water partition coefficient (Wildman–Crippen LogP) is 4.65. The van der Waals surface area contributed by atoms with Gasteiger partial charge in [0.2, 0.25) is 0 Å². The summed E-state index contributed by atoms with van der Waals surface area (Å²) in [5, 5.41) is 2.75. The first kappa shape index (κ1) is 17.1. The van der Waals surface area contributed by atoms with Crippen molar-refractivity contribution in [2.75, 3.05) is 6.54 Å². The third-order valence-electron chi connectivity index (χ3n) is 4.31. The maximum atomic E-state index is 13.2. The molecule has 0 fully saturated rings. The number of nitrogens with zero attached hydrogens (tertiary/aromatic N) is 2. The van der Waals surface area contributed by atoms with Crippen LogP contribution in [0.1, 0.15) is 17.3 Å². The number of fused-ring (bicyclic) bond motifs is 1. The van der Waals surface area contributed by atoms with E-state index in [0.29, 0.717) is 27.3 Å². The molecule has 1 atom stereocenters. The van der Waals surface area contributed by atoms with Crippen LogP contribution in [0.15, 0.2) is 58.3 Å². The Kier molecular flexibility index (Phi) is 4.42. The van der Waals surface area contributed by atoms with Crippen LogP contribution in [-0.2, 0) is 16.6 Å².